The van der Waals surface area contributed by atoms with E-state index in [1.165, 1.54) is 18.2 Å². The maximum absolute atomic E-state index is 12.9. The van der Waals surface area contributed by atoms with E-state index >= 15 is 0 Å². The van der Waals surface area contributed by atoms with Crippen molar-refractivity contribution < 1.29 is 23.2 Å². The molecule has 4 amide bonds. The Kier molecular flexibility index (Phi) is 4.47. The number of carbonyl (C=O) groups excluding carboxylic acids is 3. The third-order valence-corrected chi connectivity index (χ3v) is 3.77. The largest absolute Gasteiger partial charge is 0.462 e. The summed E-state index contributed by atoms with van der Waals surface area (Å²) in [6, 6.07) is 8.33. The smallest absolute Gasteiger partial charge is 0.331 e. The van der Waals surface area contributed by atoms with E-state index < -0.39 is 17.8 Å². The fourth-order valence-corrected chi connectivity index (χ4v) is 2.46. The number of nitrogens with zero attached hydrogens (tertiary/aromatic N) is 1. The summed E-state index contributed by atoms with van der Waals surface area (Å²) >= 11 is 0. The fraction of sp³-hybridized carbons (Fsp3) is 0.167. The van der Waals surface area contributed by atoms with Crippen molar-refractivity contribution in [2.45, 2.75) is 13.3 Å². The van der Waals surface area contributed by atoms with Gasteiger partial charge in [-0.3, -0.25) is 19.8 Å². The Morgan fingerprint density at radius 2 is 1.84 bits per heavy atom. The number of furan rings is 1. The number of halogens is 1. The van der Waals surface area contributed by atoms with Crippen LogP contribution in [0.5, 0.6) is 0 Å². The molecule has 7 heteroatoms. The summed E-state index contributed by atoms with van der Waals surface area (Å²) in [5.74, 6) is -0.823. The lowest BCUT2D eigenvalue weighted by atomic mass is 10.1. The highest BCUT2D eigenvalue weighted by Crippen LogP contribution is 2.17. The van der Waals surface area contributed by atoms with Gasteiger partial charge in [-0.1, -0.05) is 12.1 Å². The summed E-state index contributed by atoms with van der Waals surface area (Å²) < 4.78 is 18.3. The first-order chi connectivity index (χ1) is 11.9. The third-order valence-electron chi connectivity index (χ3n) is 3.77. The van der Waals surface area contributed by atoms with E-state index in [1.807, 2.05) is 0 Å². The number of amides is 4. The van der Waals surface area contributed by atoms with Gasteiger partial charge in [-0.15, -0.1) is 0 Å². The fourth-order valence-electron chi connectivity index (χ4n) is 2.46. The van der Waals surface area contributed by atoms with Crippen LogP contribution in [-0.2, 0) is 16.0 Å². The maximum Gasteiger partial charge on any atom is 0.331 e. The molecular weight excluding hydrogens is 327 g/mol. The first-order valence-corrected chi connectivity index (χ1v) is 7.64. The van der Waals surface area contributed by atoms with Gasteiger partial charge in [0.25, 0.3) is 11.8 Å². The highest BCUT2D eigenvalue weighted by Gasteiger charge is 2.35. The van der Waals surface area contributed by atoms with Gasteiger partial charge in [0.05, 0.1) is 0 Å². The van der Waals surface area contributed by atoms with Crippen LogP contribution < -0.4 is 5.32 Å². The third kappa shape index (κ3) is 3.65. The van der Waals surface area contributed by atoms with Gasteiger partial charge in [0, 0.05) is 6.54 Å². The predicted molar refractivity (Wildman–Crippen MR) is 86.8 cm³/mol. The molecule has 1 aliphatic rings. The van der Waals surface area contributed by atoms with Gasteiger partial charge in [0.15, 0.2) is 0 Å². The number of barbiturate groups is 1. The molecule has 0 saturated carbocycles. The molecule has 0 atom stereocenters. The molecule has 1 N–H and O–H groups in total. The Labute approximate surface area is 142 Å². The molecule has 0 radical (unpaired) electrons. The first-order valence-electron chi connectivity index (χ1n) is 7.64. The lowest BCUT2D eigenvalue weighted by Gasteiger charge is -2.26. The second kappa shape index (κ2) is 6.72. The molecule has 1 aliphatic heterocycles. The molecular formula is C18H15FN2O4. The highest BCUT2D eigenvalue weighted by atomic mass is 19.1. The summed E-state index contributed by atoms with van der Waals surface area (Å²) in [5.41, 5.74) is 0.596. The standard InChI is InChI=1S/C18H15FN2O4/c1-11-2-7-14(25-11)10-15-16(22)20-18(24)21(17(15)23)9-8-12-3-5-13(19)6-4-12/h2-7,10H,8-9H2,1H3,(H,20,22,24)/b15-10+. The van der Waals surface area contributed by atoms with Crippen LogP contribution in [0.1, 0.15) is 17.1 Å². The minimum atomic E-state index is -0.773. The normalized spacial score (nSPS) is 16.5. The number of carbonyl (C=O) groups is 3. The number of hydrogen-bond donors (Lipinski definition) is 1. The quantitative estimate of drug-likeness (QED) is 0.684. The van der Waals surface area contributed by atoms with Crippen LogP contribution in [0.3, 0.4) is 0 Å². The summed E-state index contributed by atoms with van der Waals surface area (Å²) in [5, 5.41) is 2.14. The molecule has 0 bridgehead atoms. The maximum atomic E-state index is 12.9. The number of aryl methyl sites for hydroxylation is 1. The van der Waals surface area contributed by atoms with Gasteiger partial charge in [-0.05, 0) is 49.2 Å². The average molecular weight is 342 g/mol. The molecule has 0 aliphatic carbocycles. The molecule has 1 saturated heterocycles. The Hall–Kier alpha value is -3.22. The van der Waals surface area contributed by atoms with Crippen molar-refractivity contribution in [3.05, 3.63) is 64.9 Å². The number of imide groups is 2. The summed E-state index contributed by atoms with van der Waals surface area (Å²) in [6.07, 6.45) is 1.66. The van der Waals surface area contributed by atoms with Crippen LogP contribution in [0.4, 0.5) is 9.18 Å². The number of benzene rings is 1. The van der Waals surface area contributed by atoms with Crippen molar-refractivity contribution in [1.29, 1.82) is 0 Å². The second-order valence-electron chi connectivity index (χ2n) is 5.60. The van der Waals surface area contributed by atoms with Crippen LogP contribution in [-0.4, -0.2) is 29.3 Å². The molecule has 2 aromatic rings. The van der Waals surface area contributed by atoms with E-state index in [4.69, 9.17) is 4.42 Å². The van der Waals surface area contributed by atoms with Crippen molar-refractivity contribution in [3.63, 3.8) is 0 Å². The summed E-state index contributed by atoms with van der Waals surface area (Å²) in [7, 11) is 0. The van der Waals surface area contributed by atoms with E-state index in [-0.39, 0.29) is 17.9 Å². The van der Waals surface area contributed by atoms with E-state index in [0.717, 1.165) is 10.5 Å². The van der Waals surface area contributed by atoms with Crippen molar-refractivity contribution in [2.24, 2.45) is 0 Å². The van der Waals surface area contributed by atoms with Crippen molar-refractivity contribution in [1.82, 2.24) is 10.2 Å². The molecule has 128 valence electrons. The van der Waals surface area contributed by atoms with Gasteiger partial charge in [-0.25, -0.2) is 9.18 Å². The molecule has 0 spiro atoms. The van der Waals surface area contributed by atoms with E-state index in [0.29, 0.717) is 17.9 Å². The number of hydrogen-bond acceptors (Lipinski definition) is 4. The molecule has 25 heavy (non-hydrogen) atoms. The molecule has 1 fully saturated rings. The molecule has 0 unspecified atom stereocenters. The lowest BCUT2D eigenvalue weighted by molar-refractivity contribution is -0.130. The Bertz CT molecular complexity index is 867. The van der Waals surface area contributed by atoms with Gasteiger partial charge in [-0.2, -0.15) is 0 Å². The number of urea groups is 1. The Morgan fingerprint density at radius 3 is 2.48 bits per heavy atom. The Morgan fingerprint density at radius 1 is 1.12 bits per heavy atom. The predicted octanol–water partition coefficient (Wildman–Crippen LogP) is 2.43. The topological polar surface area (TPSA) is 79.6 Å². The first kappa shape index (κ1) is 16.6. The van der Waals surface area contributed by atoms with Crippen LogP contribution in [0, 0.1) is 12.7 Å². The van der Waals surface area contributed by atoms with Crippen LogP contribution >= 0.6 is 0 Å². The Balaban J connectivity index is 1.78. The van der Waals surface area contributed by atoms with E-state index in [1.54, 1.807) is 31.2 Å². The van der Waals surface area contributed by atoms with Crippen LogP contribution in [0.2, 0.25) is 0 Å². The molecule has 1 aromatic heterocycles. The molecule has 3 rings (SSSR count). The lowest BCUT2D eigenvalue weighted by Crippen LogP contribution is -2.54. The van der Waals surface area contributed by atoms with Gasteiger partial charge in [0.1, 0.15) is 22.9 Å². The molecule has 1 aromatic carbocycles. The minimum absolute atomic E-state index is 0.0676. The molecule has 6 nitrogen and oxygen atoms in total. The zero-order valence-electron chi connectivity index (χ0n) is 13.4. The summed E-state index contributed by atoms with van der Waals surface area (Å²) in [6.45, 7) is 1.81. The van der Waals surface area contributed by atoms with Crippen molar-refractivity contribution in [3.8, 4) is 0 Å². The SMILES string of the molecule is Cc1ccc(/C=C2\C(=O)NC(=O)N(CCc3ccc(F)cc3)C2=O)o1. The zero-order chi connectivity index (χ0) is 18.0. The number of nitrogens with one attached hydrogen (secondary N) is 1. The van der Waals surface area contributed by atoms with Gasteiger partial charge >= 0.3 is 6.03 Å². The van der Waals surface area contributed by atoms with Crippen LogP contribution in [0.15, 0.2) is 46.4 Å². The van der Waals surface area contributed by atoms with Crippen molar-refractivity contribution in [2.75, 3.05) is 6.54 Å². The molecule has 2 heterocycles. The van der Waals surface area contributed by atoms with Gasteiger partial charge < -0.3 is 4.42 Å². The van der Waals surface area contributed by atoms with Crippen molar-refractivity contribution >= 4 is 23.9 Å². The summed E-state index contributed by atoms with van der Waals surface area (Å²) in [4.78, 5) is 37.4. The monoisotopic (exact) mass is 342 g/mol. The highest BCUT2D eigenvalue weighted by molar-refractivity contribution is 6.30. The van der Waals surface area contributed by atoms with Gasteiger partial charge in [0.2, 0.25) is 0 Å². The zero-order valence-corrected chi connectivity index (χ0v) is 13.4. The second-order valence-corrected chi connectivity index (χ2v) is 5.60. The van der Waals surface area contributed by atoms with E-state index in [9.17, 15) is 18.8 Å². The minimum Gasteiger partial charge on any atom is -0.462 e. The average Bonchev–Trinajstić information content (AvgIpc) is 2.98. The number of rotatable bonds is 4. The van der Waals surface area contributed by atoms with Crippen LogP contribution in [0.25, 0.3) is 6.08 Å². The van der Waals surface area contributed by atoms with E-state index in [2.05, 4.69) is 5.32 Å².